The van der Waals surface area contributed by atoms with Gasteiger partial charge < -0.3 is 10.8 Å². The summed E-state index contributed by atoms with van der Waals surface area (Å²) in [6.07, 6.45) is 0. The Bertz CT molecular complexity index is 454. The number of hydrogen-bond acceptors (Lipinski definition) is 3. The Morgan fingerprint density at radius 3 is 2.93 bits per heavy atom. The fraction of sp³-hybridized carbons (Fsp3) is 0.200. The van der Waals surface area contributed by atoms with Gasteiger partial charge in [0.1, 0.15) is 0 Å². The maximum atomic E-state index is 8.93. The van der Waals surface area contributed by atoms with Crippen LogP contribution in [0.25, 0.3) is 10.1 Å². The minimum atomic E-state index is -0.302. The fourth-order valence-electron chi connectivity index (χ4n) is 1.32. The molecule has 74 valence electrons. The van der Waals surface area contributed by atoms with Crippen molar-refractivity contribution in [1.82, 2.24) is 0 Å². The summed E-state index contributed by atoms with van der Waals surface area (Å²) in [6, 6.07) is 7.43. The van der Waals surface area contributed by atoms with E-state index in [0.29, 0.717) is 0 Å². The van der Waals surface area contributed by atoms with Gasteiger partial charge in [-0.3, -0.25) is 0 Å². The summed E-state index contributed by atoms with van der Waals surface area (Å²) >= 11 is 7.56. The molecule has 0 aliphatic carbocycles. The van der Waals surface area contributed by atoms with E-state index >= 15 is 0 Å². The normalized spacial score (nSPS) is 13.4. The maximum Gasteiger partial charge on any atom is 0.0632 e. The average Bonchev–Trinajstić information content (AvgIpc) is 2.62. The second-order valence-electron chi connectivity index (χ2n) is 3.10. The molecule has 0 fully saturated rings. The molecule has 1 atom stereocenters. The molecule has 0 aliphatic heterocycles. The first-order valence-corrected chi connectivity index (χ1v) is 5.46. The minimum Gasteiger partial charge on any atom is -0.394 e. The van der Waals surface area contributed by atoms with Crippen molar-refractivity contribution in [2.24, 2.45) is 5.73 Å². The monoisotopic (exact) mass is 227 g/mol. The van der Waals surface area contributed by atoms with Crippen LogP contribution in [-0.4, -0.2) is 11.7 Å². The van der Waals surface area contributed by atoms with Crippen molar-refractivity contribution in [2.45, 2.75) is 6.04 Å². The minimum absolute atomic E-state index is 0.0373. The summed E-state index contributed by atoms with van der Waals surface area (Å²) in [4.78, 5) is 0.968. The van der Waals surface area contributed by atoms with Gasteiger partial charge in [0, 0.05) is 4.88 Å². The molecule has 0 amide bonds. The van der Waals surface area contributed by atoms with Gasteiger partial charge in [-0.25, -0.2) is 0 Å². The SMILES string of the molecule is N[C@H](CO)c1cc2cccc(Cl)c2s1. The van der Waals surface area contributed by atoms with Crippen molar-refractivity contribution in [3.8, 4) is 0 Å². The first-order valence-electron chi connectivity index (χ1n) is 4.27. The smallest absolute Gasteiger partial charge is 0.0632 e. The van der Waals surface area contributed by atoms with E-state index in [9.17, 15) is 0 Å². The second-order valence-corrected chi connectivity index (χ2v) is 4.59. The number of aliphatic hydroxyl groups is 1. The summed E-state index contributed by atoms with van der Waals surface area (Å²) in [6.45, 7) is -0.0373. The van der Waals surface area contributed by atoms with Crippen LogP contribution < -0.4 is 5.73 Å². The van der Waals surface area contributed by atoms with Crippen LogP contribution in [0.3, 0.4) is 0 Å². The zero-order valence-electron chi connectivity index (χ0n) is 7.40. The van der Waals surface area contributed by atoms with E-state index < -0.39 is 0 Å². The molecule has 0 radical (unpaired) electrons. The quantitative estimate of drug-likeness (QED) is 0.828. The predicted molar refractivity (Wildman–Crippen MR) is 60.8 cm³/mol. The Hall–Kier alpha value is -0.610. The molecule has 1 heterocycles. The summed E-state index contributed by atoms with van der Waals surface area (Å²) in [7, 11) is 0. The number of thiophene rings is 1. The van der Waals surface area contributed by atoms with Crippen LogP contribution in [0.4, 0.5) is 0 Å². The van der Waals surface area contributed by atoms with Gasteiger partial charge in [0.15, 0.2) is 0 Å². The zero-order chi connectivity index (χ0) is 10.1. The molecule has 4 heteroatoms. The lowest BCUT2D eigenvalue weighted by molar-refractivity contribution is 0.269. The highest BCUT2D eigenvalue weighted by atomic mass is 35.5. The third-order valence-electron chi connectivity index (χ3n) is 2.08. The molecule has 0 spiro atoms. The standard InChI is InChI=1S/C10H10ClNOS/c11-7-3-1-2-6-4-9(8(12)5-13)14-10(6)7/h1-4,8,13H,5,12H2/t8-/m1/s1. The van der Waals surface area contributed by atoms with Crippen molar-refractivity contribution in [3.63, 3.8) is 0 Å². The number of benzene rings is 1. The lowest BCUT2D eigenvalue weighted by Crippen LogP contribution is -2.12. The number of fused-ring (bicyclic) bond motifs is 1. The lowest BCUT2D eigenvalue weighted by Gasteiger charge is -2.02. The maximum absolute atomic E-state index is 8.93. The van der Waals surface area contributed by atoms with Crippen LogP contribution in [0, 0.1) is 0 Å². The van der Waals surface area contributed by atoms with Gasteiger partial charge in [0.25, 0.3) is 0 Å². The van der Waals surface area contributed by atoms with Gasteiger partial charge in [-0.15, -0.1) is 11.3 Å². The van der Waals surface area contributed by atoms with E-state index in [1.54, 1.807) is 0 Å². The van der Waals surface area contributed by atoms with E-state index in [-0.39, 0.29) is 12.6 Å². The van der Waals surface area contributed by atoms with Gasteiger partial charge in [-0.2, -0.15) is 0 Å². The fourth-order valence-corrected chi connectivity index (χ4v) is 2.68. The first-order chi connectivity index (χ1) is 6.72. The van der Waals surface area contributed by atoms with E-state index in [2.05, 4.69) is 0 Å². The number of halogens is 1. The molecule has 1 aromatic carbocycles. The summed E-state index contributed by atoms with van der Waals surface area (Å²) in [5, 5.41) is 10.8. The topological polar surface area (TPSA) is 46.2 Å². The van der Waals surface area contributed by atoms with Crippen molar-refractivity contribution >= 4 is 33.0 Å². The average molecular weight is 228 g/mol. The molecule has 1 aromatic heterocycles. The number of hydrogen-bond donors (Lipinski definition) is 2. The Morgan fingerprint density at radius 1 is 1.50 bits per heavy atom. The Balaban J connectivity index is 2.56. The van der Waals surface area contributed by atoms with Crippen LogP contribution in [0.15, 0.2) is 24.3 Å². The highest BCUT2D eigenvalue weighted by Gasteiger charge is 2.10. The van der Waals surface area contributed by atoms with Crippen molar-refractivity contribution in [1.29, 1.82) is 0 Å². The summed E-state index contributed by atoms with van der Waals surface area (Å²) in [5.74, 6) is 0. The van der Waals surface area contributed by atoms with Crippen LogP contribution >= 0.6 is 22.9 Å². The Morgan fingerprint density at radius 2 is 2.29 bits per heavy atom. The van der Waals surface area contributed by atoms with Gasteiger partial charge in [-0.05, 0) is 17.5 Å². The molecule has 0 unspecified atom stereocenters. The highest BCUT2D eigenvalue weighted by molar-refractivity contribution is 7.19. The molecule has 2 rings (SSSR count). The molecule has 14 heavy (non-hydrogen) atoms. The summed E-state index contributed by atoms with van der Waals surface area (Å²) < 4.78 is 1.04. The number of rotatable bonds is 2. The molecule has 0 bridgehead atoms. The van der Waals surface area contributed by atoms with Crippen LogP contribution in [0.1, 0.15) is 10.9 Å². The molecule has 3 N–H and O–H groups in total. The van der Waals surface area contributed by atoms with Gasteiger partial charge in [-0.1, -0.05) is 23.7 Å². The van der Waals surface area contributed by atoms with E-state index in [1.165, 1.54) is 11.3 Å². The van der Waals surface area contributed by atoms with Gasteiger partial charge in [0.2, 0.25) is 0 Å². The van der Waals surface area contributed by atoms with Crippen molar-refractivity contribution in [3.05, 3.63) is 34.2 Å². The molecular weight excluding hydrogens is 218 g/mol. The Labute approximate surface area is 90.9 Å². The van der Waals surface area contributed by atoms with Crippen LogP contribution in [0.2, 0.25) is 5.02 Å². The lowest BCUT2D eigenvalue weighted by atomic mass is 10.2. The Kier molecular flexibility index (Phi) is 2.74. The van der Waals surface area contributed by atoms with Gasteiger partial charge in [0.05, 0.1) is 22.4 Å². The van der Waals surface area contributed by atoms with E-state index in [0.717, 1.165) is 20.0 Å². The van der Waals surface area contributed by atoms with Gasteiger partial charge >= 0.3 is 0 Å². The first kappa shape index (κ1) is 9.93. The largest absolute Gasteiger partial charge is 0.394 e. The third-order valence-corrected chi connectivity index (χ3v) is 3.82. The number of nitrogens with two attached hydrogens (primary N) is 1. The highest BCUT2D eigenvalue weighted by Crippen LogP contribution is 2.33. The molecular formula is C10H10ClNOS. The second kappa shape index (κ2) is 3.87. The molecule has 0 saturated heterocycles. The zero-order valence-corrected chi connectivity index (χ0v) is 8.98. The van der Waals surface area contributed by atoms with Crippen molar-refractivity contribution in [2.75, 3.05) is 6.61 Å². The van der Waals surface area contributed by atoms with Crippen LogP contribution in [-0.2, 0) is 0 Å². The third kappa shape index (κ3) is 1.64. The van der Waals surface area contributed by atoms with E-state index in [1.807, 2.05) is 24.3 Å². The molecule has 0 saturated carbocycles. The summed E-state index contributed by atoms with van der Waals surface area (Å²) in [5.41, 5.74) is 5.73. The van der Waals surface area contributed by atoms with Crippen LogP contribution in [0.5, 0.6) is 0 Å². The number of aliphatic hydroxyl groups excluding tert-OH is 1. The van der Waals surface area contributed by atoms with E-state index in [4.69, 9.17) is 22.4 Å². The molecule has 0 aliphatic rings. The predicted octanol–water partition coefficient (Wildman–Crippen LogP) is 2.55. The molecule has 2 aromatic rings. The van der Waals surface area contributed by atoms with Crippen molar-refractivity contribution < 1.29 is 5.11 Å². The molecule has 2 nitrogen and oxygen atoms in total.